The largest absolute Gasteiger partial charge is 0.507 e. The summed E-state index contributed by atoms with van der Waals surface area (Å²) in [6.45, 7) is 0. The number of carbonyl (C=O) groups excluding carboxylic acids is 1. The van der Waals surface area contributed by atoms with Crippen molar-refractivity contribution in [2.45, 2.75) is 6.04 Å². The van der Waals surface area contributed by atoms with Crippen LogP contribution in [0.3, 0.4) is 0 Å². The zero-order chi connectivity index (χ0) is 16.6. The number of phenolic OH excluding ortho intramolecular Hbond substituents is 1. The number of benzene rings is 2. The Balaban J connectivity index is 2.10. The van der Waals surface area contributed by atoms with Crippen molar-refractivity contribution >= 4 is 6.03 Å². The average molecular weight is 315 g/mol. The first-order valence-electron chi connectivity index (χ1n) is 7.03. The molecule has 1 unspecified atom stereocenters. The first-order valence-corrected chi connectivity index (χ1v) is 7.03. The van der Waals surface area contributed by atoms with Crippen LogP contribution in [0.4, 0.5) is 4.79 Å². The van der Waals surface area contributed by atoms with Crippen LogP contribution in [-0.4, -0.2) is 40.5 Å². The van der Waals surface area contributed by atoms with Crippen molar-refractivity contribution < 1.29 is 19.8 Å². The zero-order valence-corrected chi connectivity index (χ0v) is 12.7. The molecule has 3 N–H and O–H groups in total. The number of fused-ring (bicyclic) bond motifs is 2. The predicted octanol–water partition coefficient (Wildman–Crippen LogP) is 2.46. The van der Waals surface area contributed by atoms with Crippen LogP contribution in [-0.2, 0) is 0 Å². The van der Waals surface area contributed by atoms with Gasteiger partial charge < -0.3 is 9.84 Å². The highest BCUT2D eigenvalue weighted by Crippen LogP contribution is 2.48. The van der Waals surface area contributed by atoms with Crippen LogP contribution in [0.1, 0.15) is 17.2 Å². The number of para-hydroxylation sites is 1. The second-order valence-corrected chi connectivity index (χ2v) is 5.39. The Morgan fingerprint density at radius 2 is 1.83 bits per heavy atom. The zero-order valence-electron chi connectivity index (χ0n) is 12.7. The van der Waals surface area contributed by atoms with Crippen molar-refractivity contribution in [1.82, 2.24) is 15.5 Å². The van der Waals surface area contributed by atoms with Gasteiger partial charge in [-0.15, -0.1) is 0 Å². The summed E-state index contributed by atoms with van der Waals surface area (Å²) in [7, 11) is 3.27. The highest BCUT2D eigenvalue weighted by molar-refractivity contribution is 5.74. The molecular weight excluding hydrogens is 298 g/mol. The summed E-state index contributed by atoms with van der Waals surface area (Å²) in [6.07, 6.45) is 0. The van der Waals surface area contributed by atoms with Gasteiger partial charge in [0.25, 0.3) is 0 Å². The third-order valence-corrected chi connectivity index (χ3v) is 3.52. The number of phenols is 1. The minimum absolute atomic E-state index is 0.0568. The fourth-order valence-corrected chi connectivity index (χ4v) is 2.58. The Morgan fingerprint density at radius 3 is 2.57 bits per heavy atom. The van der Waals surface area contributed by atoms with Crippen molar-refractivity contribution in [2.24, 2.45) is 0 Å². The molecule has 2 aromatic carbocycles. The van der Waals surface area contributed by atoms with Gasteiger partial charge in [-0.2, -0.15) is 5.06 Å². The van der Waals surface area contributed by atoms with Crippen LogP contribution in [0.2, 0.25) is 0 Å². The lowest BCUT2D eigenvalue weighted by Crippen LogP contribution is -2.46. The fourth-order valence-electron chi connectivity index (χ4n) is 2.58. The van der Waals surface area contributed by atoms with E-state index in [9.17, 15) is 15.1 Å². The maximum Gasteiger partial charge on any atom is 0.356 e. The number of nitrogens with one attached hydrogen (secondary N) is 1. The standard InChI is InChI=1S/C16H17N3O4/c1-18(2)17-16(21)19(22)15-10-6-3-4-8-12(10)23-13-9-5-7-11(20)14(13)15/h3-9,15,20,22H,1-2H3,(H,17,21). The summed E-state index contributed by atoms with van der Waals surface area (Å²) in [6, 6.07) is 10.3. The van der Waals surface area contributed by atoms with Gasteiger partial charge in [0.15, 0.2) is 0 Å². The van der Waals surface area contributed by atoms with Gasteiger partial charge in [0.2, 0.25) is 0 Å². The van der Waals surface area contributed by atoms with Gasteiger partial charge >= 0.3 is 6.03 Å². The van der Waals surface area contributed by atoms with E-state index in [0.717, 1.165) is 0 Å². The highest BCUT2D eigenvalue weighted by Gasteiger charge is 2.36. The van der Waals surface area contributed by atoms with Crippen LogP contribution in [0, 0.1) is 0 Å². The number of carbonyl (C=O) groups is 1. The summed E-state index contributed by atoms with van der Waals surface area (Å²) in [5.74, 6) is 0.858. The van der Waals surface area contributed by atoms with Gasteiger partial charge in [-0.3, -0.25) is 10.6 Å². The van der Waals surface area contributed by atoms with Crippen molar-refractivity contribution in [3.63, 3.8) is 0 Å². The lowest BCUT2D eigenvalue weighted by Gasteiger charge is -2.33. The summed E-state index contributed by atoms with van der Waals surface area (Å²) < 4.78 is 5.76. The molecule has 23 heavy (non-hydrogen) atoms. The quantitative estimate of drug-likeness (QED) is 0.585. The topological polar surface area (TPSA) is 85.3 Å². The van der Waals surface area contributed by atoms with E-state index < -0.39 is 12.1 Å². The van der Waals surface area contributed by atoms with E-state index in [1.165, 1.54) is 11.1 Å². The molecule has 120 valence electrons. The molecule has 0 saturated heterocycles. The van der Waals surface area contributed by atoms with Crippen molar-refractivity contribution in [2.75, 3.05) is 14.1 Å². The van der Waals surface area contributed by atoms with Crippen molar-refractivity contribution in [1.29, 1.82) is 0 Å². The van der Waals surface area contributed by atoms with Gasteiger partial charge in [-0.05, 0) is 18.2 Å². The van der Waals surface area contributed by atoms with Crippen LogP contribution >= 0.6 is 0 Å². The second-order valence-electron chi connectivity index (χ2n) is 5.39. The Bertz CT molecular complexity index is 748. The van der Waals surface area contributed by atoms with Gasteiger partial charge in [-0.1, -0.05) is 24.3 Å². The Labute approximate surface area is 133 Å². The number of aromatic hydroxyl groups is 1. The Hall–Kier alpha value is -2.77. The predicted molar refractivity (Wildman–Crippen MR) is 82.3 cm³/mol. The molecule has 0 fully saturated rings. The molecule has 1 aliphatic rings. The number of hydrazine groups is 1. The number of hydroxylamine groups is 2. The number of hydrogen-bond acceptors (Lipinski definition) is 5. The van der Waals surface area contributed by atoms with Crippen LogP contribution in [0.25, 0.3) is 0 Å². The molecular formula is C16H17N3O4. The number of nitrogens with zero attached hydrogens (tertiary/aromatic N) is 2. The molecule has 1 heterocycles. The maximum atomic E-state index is 12.2. The number of ether oxygens (including phenoxy) is 1. The van der Waals surface area contributed by atoms with E-state index in [1.807, 2.05) is 0 Å². The second kappa shape index (κ2) is 5.79. The van der Waals surface area contributed by atoms with Gasteiger partial charge in [0, 0.05) is 19.7 Å². The lowest BCUT2D eigenvalue weighted by molar-refractivity contribution is -0.0751. The average Bonchev–Trinajstić information content (AvgIpc) is 2.51. The number of hydrogen-bond donors (Lipinski definition) is 3. The Kier molecular flexibility index (Phi) is 3.81. The van der Waals surface area contributed by atoms with E-state index in [0.29, 0.717) is 27.7 Å². The fraction of sp³-hybridized carbons (Fsp3) is 0.188. The highest BCUT2D eigenvalue weighted by atomic mass is 16.5. The summed E-state index contributed by atoms with van der Waals surface area (Å²) in [5.41, 5.74) is 3.39. The van der Waals surface area contributed by atoms with E-state index in [2.05, 4.69) is 5.43 Å². The summed E-state index contributed by atoms with van der Waals surface area (Å²) in [5, 5.41) is 22.6. The molecule has 0 spiro atoms. The molecule has 1 aliphatic heterocycles. The first kappa shape index (κ1) is 15.1. The molecule has 0 aromatic heterocycles. The summed E-state index contributed by atoms with van der Waals surface area (Å²) >= 11 is 0. The minimum Gasteiger partial charge on any atom is -0.507 e. The van der Waals surface area contributed by atoms with Crippen LogP contribution in [0.15, 0.2) is 42.5 Å². The van der Waals surface area contributed by atoms with Crippen LogP contribution in [0.5, 0.6) is 17.2 Å². The molecule has 3 rings (SSSR count). The van der Waals surface area contributed by atoms with E-state index in [-0.39, 0.29) is 5.75 Å². The van der Waals surface area contributed by atoms with Gasteiger partial charge in [0.1, 0.15) is 23.3 Å². The monoisotopic (exact) mass is 315 g/mol. The van der Waals surface area contributed by atoms with Crippen molar-refractivity contribution in [3.05, 3.63) is 53.6 Å². The third-order valence-electron chi connectivity index (χ3n) is 3.52. The van der Waals surface area contributed by atoms with E-state index in [1.54, 1.807) is 50.5 Å². The van der Waals surface area contributed by atoms with Crippen molar-refractivity contribution in [3.8, 4) is 17.2 Å². The minimum atomic E-state index is -0.879. The third kappa shape index (κ3) is 2.67. The number of amides is 2. The van der Waals surface area contributed by atoms with Crippen LogP contribution < -0.4 is 10.2 Å². The molecule has 1 atom stereocenters. The molecule has 2 amide bonds. The maximum absolute atomic E-state index is 12.2. The lowest BCUT2D eigenvalue weighted by atomic mass is 9.93. The molecule has 0 radical (unpaired) electrons. The van der Waals surface area contributed by atoms with E-state index in [4.69, 9.17) is 4.74 Å². The molecule has 0 bridgehead atoms. The van der Waals surface area contributed by atoms with Gasteiger partial charge in [-0.25, -0.2) is 9.80 Å². The molecule has 2 aromatic rings. The van der Waals surface area contributed by atoms with Gasteiger partial charge in [0.05, 0.1) is 5.56 Å². The molecule has 0 saturated carbocycles. The Morgan fingerprint density at radius 1 is 1.13 bits per heavy atom. The smallest absolute Gasteiger partial charge is 0.356 e. The van der Waals surface area contributed by atoms with E-state index >= 15 is 0 Å². The normalized spacial score (nSPS) is 15.4. The SMILES string of the molecule is CN(C)NC(=O)N(O)C1c2ccccc2Oc2cccc(O)c21. The molecule has 7 heteroatoms. The number of rotatable bonds is 2. The number of urea groups is 1. The summed E-state index contributed by atoms with van der Waals surface area (Å²) in [4.78, 5) is 12.2. The molecule has 7 nitrogen and oxygen atoms in total. The molecule has 0 aliphatic carbocycles. The first-order chi connectivity index (χ1) is 11.0.